The first-order chi connectivity index (χ1) is 7.31. The van der Waals surface area contributed by atoms with Crippen LogP contribution in [-0.2, 0) is 6.42 Å². The predicted octanol–water partition coefficient (Wildman–Crippen LogP) is 3.10. The fourth-order valence-corrected chi connectivity index (χ4v) is 3.19. The van der Waals surface area contributed by atoms with Gasteiger partial charge >= 0.3 is 0 Å². The van der Waals surface area contributed by atoms with Crippen molar-refractivity contribution < 1.29 is 5.11 Å². The Morgan fingerprint density at radius 3 is 2.93 bits per heavy atom. The van der Waals surface area contributed by atoms with E-state index in [9.17, 15) is 0 Å². The Kier molecular flexibility index (Phi) is 3.51. The van der Waals surface area contributed by atoms with E-state index in [1.54, 1.807) is 22.7 Å². The molecular formula is C11H13NOS2. The number of nitrogens with zero attached hydrogens (tertiary/aromatic N) is 1. The number of hydrogen-bond donors (Lipinski definition) is 1. The van der Waals surface area contributed by atoms with Gasteiger partial charge in [0.1, 0.15) is 0 Å². The molecule has 15 heavy (non-hydrogen) atoms. The second-order valence-electron chi connectivity index (χ2n) is 3.39. The summed E-state index contributed by atoms with van der Waals surface area (Å²) in [6.07, 6.45) is 1.68. The molecule has 1 N–H and O–H groups in total. The quantitative estimate of drug-likeness (QED) is 0.889. The van der Waals surface area contributed by atoms with Crippen molar-refractivity contribution in [1.82, 2.24) is 4.98 Å². The minimum atomic E-state index is 0.243. The number of rotatable bonds is 4. The molecule has 0 aliphatic rings. The van der Waals surface area contributed by atoms with Gasteiger partial charge in [0.15, 0.2) is 0 Å². The average molecular weight is 239 g/mol. The Labute approximate surface area is 97.2 Å². The molecule has 0 aromatic carbocycles. The van der Waals surface area contributed by atoms with Crippen molar-refractivity contribution in [2.24, 2.45) is 0 Å². The number of aryl methyl sites for hydroxylation is 2. The van der Waals surface area contributed by atoms with Crippen LogP contribution in [0.4, 0.5) is 0 Å². The molecule has 2 aromatic rings. The minimum Gasteiger partial charge on any atom is -0.396 e. The van der Waals surface area contributed by atoms with Crippen LogP contribution in [0.25, 0.3) is 10.6 Å². The van der Waals surface area contributed by atoms with Crippen LogP contribution in [0.15, 0.2) is 16.8 Å². The maximum absolute atomic E-state index is 8.74. The molecule has 0 atom stereocenters. The van der Waals surface area contributed by atoms with Crippen LogP contribution in [0.2, 0.25) is 0 Å². The highest BCUT2D eigenvalue weighted by Gasteiger charge is 2.07. The zero-order valence-electron chi connectivity index (χ0n) is 8.56. The summed E-state index contributed by atoms with van der Waals surface area (Å²) in [5, 5.41) is 14.1. The van der Waals surface area contributed by atoms with E-state index in [2.05, 4.69) is 28.7 Å². The SMILES string of the molecule is Cc1ccsc1-c1csc(CCCO)n1. The van der Waals surface area contributed by atoms with E-state index in [1.165, 1.54) is 10.4 Å². The molecule has 0 saturated carbocycles. The third kappa shape index (κ3) is 2.45. The van der Waals surface area contributed by atoms with E-state index < -0.39 is 0 Å². The molecule has 2 heterocycles. The van der Waals surface area contributed by atoms with E-state index in [0.717, 1.165) is 23.5 Å². The molecule has 0 unspecified atom stereocenters. The zero-order valence-corrected chi connectivity index (χ0v) is 10.2. The van der Waals surface area contributed by atoms with Gasteiger partial charge in [0.2, 0.25) is 0 Å². The second-order valence-corrected chi connectivity index (χ2v) is 5.25. The van der Waals surface area contributed by atoms with Crippen molar-refractivity contribution in [3.63, 3.8) is 0 Å². The Balaban J connectivity index is 2.17. The van der Waals surface area contributed by atoms with Crippen LogP contribution in [0.1, 0.15) is 17.0 Å². The summed E-state index contributed by atoms with van der Waals surface area (Å²) < 4.78 is 0. The van der Waals surface area contributed by atoms with Crippen LogP contribution in [0.5, 0.6) is 0 Å². The first-order valence-corrected chi connectivity index (χ1v) is 6.67. The highest BCUT2D eigenvalue weighted by molar-refractivity contribution is 7.14. The van der Waals surface area contributed by atoms with Gasteiger partial charge in [-0.3, -0.25) is 0 Å². The molecule has 0 saturated heterocycles. The van der Waals surface area contributed by atoms with Crippen molar-refractivity contribution in [1.29, 1.82) is 0 Å². The number of thiazole rings is 1. The molecule has 2 rings (SSSR count). The van der Waals surface area contributed by atoms with Gasteiger partial charge in [-0.1, -0.05) is 0 Å². The normalized spacial score (nSPS) is 10.8. The highest BCUT2D eigenvalue weighted by Crippen LogP contribution is 2.30. The Morgan fingerprint density at radius 1 is 1.40 bits per heavy atom. The first kappa shape index (κ1) is 10.8. The van der Waals surface area contributed by atoms with Crippen LogP contribution in [0.3, 0.4) is 0 Å². The lowest BCUT2D eigenvalue weighted by Crippen LogP contribution is -1.88. The van der Waals surface area contributed by atoms with Crippen molar-refractivity contribution in [2.45, 2.75) is 19.8 Å². The van der Waals surface area contributed by atoms with E-state index in [-0.39, 0.29) is 6.61 Å². The van der Waals surface area contributed by atoms with Gasteiger partial charge in [0.25, 0.3) is 0 Å². The maximum atomic E-state index is 8.74. The Hall–Kier alpha value is -0.710. The van der Waals surface area contributed by atoms with Crippen LogP contribution < -0.4 is 0 Å². The van der Waals surface area contributed by atoms with Gasteiger partial charge in [-0.2, -0.15) is 0 Å². The Morgan fingerprint density at radius 2 is 2.27 bits per heavy atom. The van der Waals surface area contributed by atoms with Crippen molar-refractivity contribution in [3.8, 4) is 10.6 Å². The van der Waals surface area contributed by atoms with Crippen molar-refractivity contribution in [3.05, 3.63) is 27.4 Å². The zero-order chi connectivity index (χ0) is 10.7. The van der Waals surface area contributed by atoms with Gasteiger partial charge in [-0.05, 0) is 30.4 Å². The molecule has 2 aromatic heterocycles. The summed E-state index contributed by atoms with van der Waals surface area (Å²) in [5.41, 5.74) is 2.37. The number of thiophene rings is 1. The topological polar surface area (TPSA) is 33.1 Å². The third-order valence-corrected chi connectivity index (χ3v) is 4.14. The highest BCUT2D eigenvalue weighted by atomic mass is 32.1. The lowest BCUT2D eigenvalue weighted by Gasteiger charge is -1.93. The predicted molar refractivity (Wildman–Crippen MR) is 65.6 cm³/mol. The van der Waals surface area contributed by atoms with Crippen molar-refractivity contribution >= 4 is 22.7 Å². The summed E-state index contributed by atoms with van der Waals surface area (Å²) in [6, 6.07) is 2.12. The van der Waals surface area contributed by atoms with Gasteiger partial charge in [0, 0.05) is 18.4 Å². The molecule has 0 aliphatic carbocycles. The van der Waals surface area contributed by atoms with Gasteiger partial charge in [-0.25, -0.2) is 4.98 Å². The Bertz CT molecular complexity index is 433. The van der Waals surface area contributed by atoms with Gasteiger partial charge in [0.05, 0.1) is 15.6 Å². The number of aliphatic hydroxyl groups is 1. The standard InChI is InChI=1S/C11H13NOS2/c1-8-4-6-14-11(8)9-7-15-10(12-9)3-2-5-13/h4,6-7,13H,2-3,5H2,1H3. The minimum absolute atomic E-state index is 0.243. The van der Waals surface area contributed by atoms with Crippen LogP contribution in [0, 0.1) is 6.92 Å². The average Bonchev–Trinajstić information content (AvgIpc) is 2.83. The number of aromatic nitrogens is 1. The van der Waals surface area contributed by atoms with Crippen LogP contribution >= 0.6 is 22.7 Å². The largest absolute Gasteiger partial charge is 0.396 e. The molecule has 0 fully saturated rings. The molecular weight excluding hydrogens is 226 g/mol. The second kappa shape index (κ2) is 4.88. The van der Waals surface area contributed by atoms with E-state index in [0.29, 0.717) is 0 Å². The lowest BCUT2D eigenvalue weighted by atomic mass is 10.2. The molecule has 0 amide bonds. The fourth-order valence-electron chi connectivity index (χ4n) is 1.40. The molecule has 2 nitrogen and oxygen atoms in total. The summed E-state index contributed by atoms with van der Waals surface area (Å²) >= 11 is 3.42. The number of hydrogen-bond acceptors (Lipinski definition) is 4. The third-order valence-electron chi connectivity index (χ3n) is 2.20. The maximum Gasteiger partial charge on any atom is 0.0933 e. The lowest BCUT2D eigenvalue weighted by molar-refractivity contribution is 0.288. The van der Waals surface area contributed by atoms with E-state index in [1.807, 2.05) is 0 Å². The molecule has 0 radical (unpaired) electrons. The summed E-state index contributed by atoms with van der Waals surface area (Å²) in [4.78, 5) is 5.83. The molecule has 0 spiro atoms. The summed E-state index contributed by atoms with van der Waals surface area (Å²) in [6.45, 7) is 2.35. The van der Waals surface area contributed by atoms with Crippen molar-refractivity contribution in [2.75, 3.05) is 6.61 Å². The molecule has 0 bridgehead atoms. The molecule has 0 aliphatic heterocycles. The molecule has 80 valence electrons. The summed E-state index contributed by atoms with van der Waals surface area (Å²) in [5.74, 6) is 0. The van der Waals surface area contributed by atoms with Gasteiger partial charge < -0.3 is 5.11 Å². The fraction of sp³-hybridized carbons (Fsp3) is 0.364. The smallest absolute Gasteiger partial charge is 0.0933 e. The van der Waals surface area contributed by atoms with Crippen LogP contribution in [-0.4, -0.2) is 16.7 Å². The van der Waals surface area contributed by atoms with E-state index in [4.69, 9.17) is 5.11 Å². The van der Waals surface area contributed by atoms with E-state index >= 15 is 0 Å². The monoisotopic (exact) mass is 239 g/mol. The number of aliphatic hydroxyl groups excluding tert-OH is 1. The van der Waals surface area contributed by atoms with Gasteiger partial charge in [-0.15, -0.1) is 22.7 Å². The molecule has 4 heteroatoms. The first-order valence-electron chi connectivity index (χ1n) is 4.91. The summed E-state index contributed by atoms with van der Waals surface area (Å²) in [7, 11) is 0.